The van der Waals surface area contributed by atoms with Gasteiger partial charge in [0.15, 0.2) is 5.78 Å². The minimum Gasteiger partial charge on any atom is -0.325 e. The molecule has 0 saturated heterocycles. The minimum atomic E-state index is -0.162. The van der Waals surface area contributed by atoms with Crippen LogP contribution in [0.3, 0.4) is 0 Å². The maximum absolute atomic E-state index is 12.3. The topological polar surface area (TPSA) is 75.3 Å². The Morgan fingerprint density at radius 3 is 1.87 bits per heavy atom. The number of carbonyl (C=O) groups is 3. The van der Waals surface area contributed by atoms with Crippen molar-refractivity contribution in [2.24, 2.45) is 0 Å². The fourth-order valence-corrected chi connectivity index (χ4v) is 3.38. The Kier molecular flexibility index (Phi) is 7.03. The SMILES string of the molecule is CC(=O)c1ccc(NC(=O)CSc2ccc(NC(=O)c3ccc(C)cc3)cc2)cc1. The molecule has 6 heteroatoms. The summed E-state index contributed by atoms with van der Waals surface area (Å²) in [4.78, 5) is 36.6. The van der Waals surface area contributed by atoms with Crippen LogP contribution in [0.4, 0.5) is 11.4 Å². The largest absolute Gasteiger partial charge is 0.325 e. The Morgan fingerprint density at radius 1 is 0.733 bits per heavy atom. The number of hydrogen-bond acceptors (Lipinski definition) is 4. The average Bonchev–Trinajstić information content (AvgIpc) is 2.74. The fraction of sp³-hybridized carbons (Fsp3) is 0.125. The Balaban J connectivity index is 1.49. The van der Waals surface area contributed by atoms with Gasteiger partial charge in [0.25, 0.3) is 5.91 Å². The molecule has 2 amide bonds. The van der Waals surface area contributed by atoms with E-state index < -0.39 is 0 Å². The minimum absolute atomic E-state index is 0.0121. The lowest BCUT2D eigenvalue weighted by Gasteiger charge is -2.08. The normalized spacial score (nSPS) is 10.3. The van der Waals surface area contributed by atoms with Gasteiger partial charge in [0.1, 0.15) is 0 Å². The third-order valence-corrected chi connectivity index (χ3v) is 5.38. The molecule has 0 saturated carbocycles. The summed E-state index contributed by atoms with van der Waals surface area (Å²) in [5, 5.41) is 5.67. The molecule has 0 bridgehead atoms. The summed E-state index contributed by atoms with van der Waals surface area (Å²) in [5.74, 6) is -0.0522. The first-order valence-corrected chi connectivity index (χ1v) is 10.4. The van der Waals surface area contributed by atoms with Crippen LogP contribution >= 0.6 is 11.8 Å². The van der Waals surface area contributed by atoms with Crippen molar-refractivity contribution in [1.29, 1.82) is 0 Å². The van der Waals surface area contributed by atoms with Crippen LogP contribution in [0.15, 0.2) is 77.7 Å². The lowest BCUT2D eigenvalue weighted by molar-refractivity contribution is -0.113. The highest BCUT2D eigenvalue weighted by atomic mass is 32.2. The Bertz CT molecular complexity index is 1040. The van der Waals surface area contributed by atoms with Crippen molar-refractivity contribution in [2.75, 3.05) is 16.4 Å². The zero-order valence-corrected chi connectivity index (χ0v) is 17.6. The van der Waals surface area contributed by atoms with E-state index >= 15 is 0 Å². The number of thioether (sulfide) groups is 1. The molecule has 0 aliphatic heterocycles. The highest BCUT2D eigenvalue weighted by molar-refractivity contribution is 8.00. The molecular formula is C24H22N2O3S. The van der Waals surface area contributed by atoms with Crippen molar-refractivity contribution in [2.45, 2.75) is 18.7 Å². The molecule has 0 spiro atoms. The van der Waals surface area contributed by atoms with Crippen molar-refractivity contribution in [3.8, 4) is 0 Å². The van der Waals surface area contributed by atoms with E-state index in [1.165, 1.54) is 18.7 Å². The van der Waals surface area contributed by atoms with E-state index in [1.807, 2.05) is 43.3 Å². The number of benzene rings is 3. The molecule has 0 heterocycles. The van der Waals surface area contributed by atoms with Crippen molar-refractivity contribution in [3.63, 3.8) is 0 Å². The third-order valence-electron chi connectivity index (χ3n) is 4.37. The van der Waals surface area contributed by atoms with Crippen molar-refractivity contribution in [1.82, 2.24) is 0 Å². The average molecular weight is 419 g/mol. The first-order chi connectivity index (χ1) is 14.4. The number of ketones is 1. The van der Waals surface area contributed by atoms with Gasteiger partial charge in [-0.15, -0.1) is 11.8 Å². The Labute approximate surface area is 179 Å². The van der Waals surface area contributed by atoms with Gasteiger partial charge in [0.2, 0.25) is 5.91 Å². The predicted molar refractivity (Wildman–Crippen MR) is 121 cm³/mol. The molecule has 0 aromatic heterocycles. The van der Waals surface area contributed by atoms with Gasteiger partial charge in [-0.3, -0.25) is 14.4 Å². The van der Waals surface area contributed by atoms with Gasteiger partial charge < -0.3 is 10.6 Å². The van der Waals surface area contributed by atoms with E-state index in [1.54, 1.807) is 36.4 Å². The smallest absolute Gasteiger partial charge is 0.255 e. The highest BCUT2D eigenvalue weighted by Gasteiger charge is 2.07. The Hall–Kier alpha value is -3.38. The maximum atomic E-state index is 12.3. The molecule has 3 rings (SSSR count). The molecule has 3 aromatic rings. The van der Waals surface area contributed by atoms with Crippen LogP contribution in [0, 0.1) is 6.92 Å². The van der Waals surface area contributed by atoms with Gasteiger partial charge in [-0.2, -0.15) is 0 Å². The second-order valence-electron chi connectivity index (χ2n) is 6.81. The standard InChI is InChI=1S/C24H22N2O3S/c1-16-3-5-19(6-4-16)24(29)26-21-11-13-22(14-12-21)30-15-23(28)25-20-9-7-18(8-10-20)17(2)27/h3-14H,15H2,1-2H3,(H,25,28)(H,26,29). The van der Waals surface area contributed by atoms with Crippen LogP contribution in [0.25, 0.3) is 0 Å². The summed E-state index contributed by atoms with van der Waals surface area (Å²) >= 11 is 1.40. The third kappa shape index (κ3) is 6.06. The summed E-state index contributed by atoms with van der Waals surface area (Å²) in [6.07, 6.45) is 0. The van der Waals surface area contributed by atoms with Gasteiger partial charge in [0, 0.05) is 27.4 Å². The van der Waals surface area contributed by atoms with Crippen LogP contribution in [-0.2, 0) is 4.79 Å². The second kappa shape index (κ2) is 9.89. The second-order valence-corrected chi connectivity index (χ2v) is 7.86. The number of aryl methyl sites for hydroxylation is 1. The number of anilines is 2. The van der Waals surface area contributed by atoms with Gasteiger partial charge in [0.05, 0.1) is 5.75 Å². The molecule has 152 valence electrons. The zero-order valence-electron chi connectivity index (χ0n) is 16.8. The van der Waals surface area contributed by atoms with Gasteiger partial charge in [-0.05, 0) is 74.5 Å². The molecule has 0 radical (unpaired) electrons. The molecule has 0 aliphatic rings. The number of nitrogens with one attached hydrogen (secondary N) is 2. The molecule has 5 nitrogen and oxygen atoms in total. The zero-order chi connectivity index (χ0) is 21.5. The number of amides is 2. The van der Waals surface area contributed by atoms with Crippen LogP contribution in [0.1, 0.15) is 33.2 Å². The first-order valence-electron chi connectivity index (χ1n) is 9.42. The summed E-state index contributed by atoms with van der Waals surface area (Å²) in [6, 6.07) is 21.5. The lowest BCUT2D eigenvalue weighted by atomic mass is 10.1. The van der Waals surface area contributed by atoms with Gasteiger partial charge in [-0.1, -0.05) is 17.7 Å². The van der Waals surface area contributed by atoms with Crippen molar-refractivity contribution in [3.05, 3.63) is 89.5 Å². The van der Waals surface area contributed by atoms with Gasteiger partial charge in [-0.25, -0.2) is 0 Å². The quantitative estimate of drug-likeness (QED) is 0.409. The summed E-state index contributed by atoms with van der Waals surface area (Å²) in [6.45, 7) is 3.48. The number of rotatable bonds is 7. The van der Waals surface area contributed by atoms with E-state index in [0.29, 0.717) is 22.5 Å². The van der Waals surface area contributed by atoms with Crippen LogP contribution < -0.4 is 10.6 Å². The number of hydrogen-bond donors (Lipinski definition) is 2. The molecule has 0 fully saturated rings. The molecule has 0 unspecified atom stereocenters. The maximum Gasteiger partial charge on any atom is 0.255 e. The van der Waals surface area contributed by atoms with Crippen LogP contribution in [0.2, 0.25) is 0 Å². The molecule has 30 heavy (non-hydrogen) atoms. The number of Topliss-reactive ketones (excluding diaryl/α,β-unsaturated/α-hetero) is 1. The van der Waals surface area contributed by atoms with Gasteiger partial charge >= 0.3 is 0 Å². The molecule has 0 atom stereocenters. The summed E-state index contributed by atoms with van der Waals surface area (Å²) in [5.41, 5.74) is 3.66. The fourth-order valence-electron chi connectivity index (χ4n) is 2.68. The van der Waals surface area contributed by atoms with Crippen molar-refractivity contribution < 1.29 is 14.4 Å². The van der Waals surface area contributed by atoms with Crippen LogP contribution in [0.5, 0.6) is 0 Å². The van der Waals surface area contributed by atoms with E-state index in [2.05, 4.69) is 10.6 Å². The molecule has 2 N–H and O–H groups in total. The number of carbonyl (C=O) groups excluding carboxylic acids is 3. The van der Waals surface area contributed by atoms with E-state index in [4.69, 9.17) is 0 Å². The molecule has 0 aliphatic carbocycles. The van der Waals surface area contributed by atoms with E-state index in [-0.39, 0.29) is 23.4 Å². The Morgan fingerprint density at radius 2 is 1.27 bits per heavy atom. The predicted octanol–water partition coefficient (Wildman–Crippen LogP) is 5.18. The lowest BCUT2D eigenvalue weighted by Crippen LogP contribution is -2.14. The van der Waals surface area contributed by atoms with E-state index in [9.17, 15) is 14.4 Å². The van der Waals surface area contributed by atoms with Crippen molar-refractivity contribution >= 4 is 40.7 Å². The van der Waals surface area contributed by atoms with E-state index in [0.717, 1.165) is 10.5 Å². The summed E-state index contributed by atoms with van der Waals surface area (Å²) in [7, 11) is 0. The molecule has 3 aromatic carbocycles. The van der Waals surface area contributed by atoms with Crippen LogP contribution in [-0.4, -0.2) is 23.4 Å². The monoisotopic (exact) mass is 418 g/mol. The summed E-state index contributed by atoms with van der Waals surface area (Å²) < 4.78 is 0. The first kappa shape index (κ1) is 21.3. The highest BCUT2D eigenvalue weighted by Crippen LogP contribution is 2.21. The molecular weight excluding hydrogens is 396 g/mol.